The summed E-state index contributed by atoms with van der Waals surface area (Å²) in [5.41, 5.74) is 0.892. The Morgan fingerprint density at radius 3 is 2.40 bits per heavy atom. The van der Waals surface area contributed by atoms with Crippen molar-refractivity contribution in [1.82, 2.24) is 4.90 Å². The Kier molecular flexibility index (Phi) is 6.86. The van der Waals surface area contributed by atoms with Gasteiger partial charge in [-0.1, -0.05) is 12.1 Å². The van der Waals surface area contributed by atoms with E-state index in [9.17, 15) is 9.18 Å². The molecule has 1 aromatic carbocycles. The van der Waals surface area contributed by atoms with Crippen molar-refractivity contribution in [2.75, 3.05) is 26.3 Å². The van der Waals surface area contributed by atoms with Crippen LogP contribution in [0.3, 0.4) is 0 Å². The summed E-state index contributed by atoms with van der Waals surface area (Å²) in [6.45, 7) is 0.833. The highest BCUT2D eigenvalue weighted by Gasteiger charge is 2.09. The van der Waals surface area contributed by atoms with Crippen LogP contribution in [0.1, 0.15) is 11.1 Å². The van der Waals surface area contributed by atoms with Crippen LogP contribution < -0.4 is 0 Å². The monoisotopic (exact) mass is 283 g/mol. The minimum atomic E-state index is -1.09. The highest BCUT2D eigenvalue weighted by Crippen LogP contribution is 2.14. The minimum absolute atomic E-state index is 0.0684. The van der Waals surface area contributed by atoms with E-state index in [2.05, 4.69) is 0 Å². The van der Waals surface area contributed by atoms with Gasteiger partial charge in [-0.3, -0.25) is 4.90 Å². The first kappa shape index (κ1) is 16.3. The number of carboxylic acids is 1. The van der Waals surface area contributed by atoms with Gasteiger partial charge in [-0.15, -0.1) is 0 Å². The first-order valence-electron chi connectivity index (χ1n) is 6.20. The molecule has 0 aliphatic carbocycles. The molecule has 0 aromatic heterocycles. The summed E-state index contributed by atoms with van der Waals surface area (Å²) < 4.78 is 13.9. The lowest BCUT2D eigenvalue weighted by Crippen LogP contribution is -2.29. The van der Waals surface area contributed by atoms with Crippen LogP contribution in [-0.2, 0) is 11.3 Å². The highest BCUT2D eigenvalue weighted by atomic mass is 19.1. The van der Waals surface area contributed by atoms with Crippen molar-refractivity contribution in [3.8, 4) is 0 Å². The van der Waals surface area contributed by atoms with Gasteiger partial charge in [0.05, 0.1) is 13.2 Å². The molecule has 1 rings (SSSR count). The maximum atomic E-state index is 13.9. The largest absolute Gasteiger partial charge is 0.478 e. The van der Waals surface area contributed by atoms with Crippen molar-refractivity contribution in [3.05, 3.63) is 41.2 Å². The van der Waals surface area contributed by atoms with E-state index in [1.807, 2.05) is 0 Å². The van der Waals surface area contributed by atoms with Crippen molar-refractivity contribution in [2.45, 2.75) is 6.54 Å². The van der Waals surface area contributed by atoms with Gasteiger partial charge >= 0.3 is 5.97 Å². The molecule has 0 fully saturated rings. The molecule has 0 aliphatic rings. The van der Waals surface area contributed by atoms with E-state index in [-0.39, 0.29) is 19.8 Å². The molecule has 5 nitrogen and oxygen atoms in total. The molecule has 110 valence electrons. The van der Waals surface area contributed by atoms with E-state index in [4.69, 9.17) is 15.3 Å². The van der Waals surface area contributed by atoms with Crippen LogP contribution in [0.5, 0.6) is 0 Å². The summed E-state index contributed by atoms with van der Waals surface area (Å²) in [6.07, 6.45) is 2.26. The van der Waals surface area contributed by atoms with E-state index in [0.29, 0.717) is 24.2 Å². The van der Waals surface area contributed by atoms with E-state index < -0.39 is 11.8 Å². The molecule has 0 saturated heterocycles. The molecule has 0 bridgehead atoms. The fourth-order valence-electron chi connectivity index (χ4n) is 1.76. The molecule has 0 radical (unpaired) electrons. The van der Waals surface area contributed by atoms with Crippen molar-refractivity contribution in [1.29, 1.82) is 0 Å². The zero-order valence-electron chi connectivity index (χ0n) is 11.0. The highest BCUT2D eigenvalue weighted by molar-refractivity contribution is 5.85. The second kappa shape index (κ2) is 8.42. The third-order valence-electron chi connectivity index (χ3n) is 2.72. The number of aliphatic carboxylic acids is 1. The standard InChI is InChI=1S/C14H18FNO4/c15-13-9-11(2-4-14(19)20)1-3-12(13)10-16(5-7-17)6-8-18/h1-4,9,17-18H,5-8,10H2,(H,19,20). The van der Waals surface area contributed by atoms with Crippen LogP contribution >= 0.6 is 0 Å². The maximum absolute atomic E-state index is 13.9. The summed E-state index contributed by atoms with van der Waals surface area (Å²) in [6, 6.07) is 4.44. The Morgan fingerprint density at radius 1 is 1.25 bits per heavy atom. The predicted octanol–water partition coefficient (Wildman–Crippen LogP) is 0.710. The van der Waals surface area contributed by atoms with E-state index in [1.165, 1.54) is 12.1 Å². The molecule has 0 spiro atoms. The first-order chi connectivity index (χ1) is 9.56. The number of aliphatic hydroxyl groups is 2. The second-order valence-electron chi connectivity index (χ2n) is 4.25. The quantitative estimate of drug-likeness (QED) is 0.612. The predicted molar refractivity (Wildman–Crippen MR) is 72.5 cm³/mol. The first-order valence-corrected chi connectivity index (χ1v) is 6.20. The number of benzene rings is 1. The molecule has 0 amide bonds. The van der Waals surface area contributed by atoms with Gasteiger partial charge in [-0.25, -0.2) is 9.18 Å². The fraction of sp³-hybridized carbons (Fsp3) is 0.357. The van der Waals surface area contributed by atoms with Gasteiger partial charge in [0.15, 0.2) is 0 Å². The number of halogens is 1. The Bertz CT molecular complexity index is 470. The van der Waals surface area contributed by atoms with Crippen LogP contribution in [0.25, 0.3) is 6.08 Å². The summed E-state index contributed by atoms with van der Waals surface area (Å²) >= 11 is 0. The number of nitrogens with zero attached hydrogens (tertiary/aromatic N) is 1. The zero-order valence-corrected chi connectivity index (χ0v) is 11.0. The zero-order chi connectivity index (χ0) is 15.0. The SMILES string of the molecule is O=C(O)C=Cc1ccc(CN(CCO)CCO)c(F)c1. The molecule has 0 aliphatic heterocycles. The molecule has 20 heavy (non-hydrogen) atoms. The smallest absolute Gasteiger partial charge is 0.328 e. The Hall–Kier alpha value is -1.76. The summed E-state index contributed by atoms with van der Waals surface area (Å²) in [4.78, 5) is 12.1. The Morgan fingerprint density at radius 2 is 1.90 bits per heavy atom. The summed E-state index contributed by atoms with van der Waals surface area (Å²) in [7, 11) is 0. The van der Waals surface area contributed by atoms with Gasteiger partial charge in [0.25, 0.3) is 0 Å². The molecule has 0 saturated carbocycles. The molecule has 3 N–H and O–H groups in total. The normalized spacial score (nSPS) is 11.4. The maximum Gasteiger partial charge on any atom is 0.328 e. The number of hydrogen-bond donors (Lipinski definition) is 3. The van der Waals surface area contributed by atoms with E-state index >= 15 is 0 Å². The van der Waals surface area contributed by atoms with Gasteiger partial charge in [0.2, 0.25) is 0 Å². The Labute approximate surface area is 116 Å². The van der Waals surface area contributed by atoms with Crippen molar-refractivity contribution in [3.63, 3.8) is 0 Å². The molecular weight excluding hydrogens is 265 g/mol. The van der Waals surface area contributed by atoms with E-state index in [1.54, 1.807) is 17.0 Å². The van der Waals surface area contributed by atoms with Crippen LogP contribution in [0.4, 0.5) is 4.39 Å². The molecule has 0 heterocycles. The number of carboxylic acid groups (broad SMARTS) is 1. The lowest BCUT2D eigenvalue weighted by Gasteiger charge is -2.20. The lowest BCUT2D eigenvalue weighted by molar-refractivity contribution is -0.131. The molecular formula is C14H18FNO4. The summed E-state index contributed by atoms with van der Waals surface area (Å²) in [5, 5.41) is 26.3. The van der Waals surface area contributed by atoms with Crippen molar-refractivity contribution < 1.29 is 24.5 Å². The van der Waals surface area contributed by atoms with Crippen LogP contribution in [0.2, 0.25) is 0 Å². The number of hydrogen-bond acceptors (Lipinski definition) is 4. The van der Waals surface area contributed by atoms with Crippen molar-refractivity contribution in [2.24, 2.45) is 0 Å². The average Bonchev–Trinajstić information content (AvgIpc) is 2.39. The van der Waals surface area contributed by atoms with Gasteiger partial charge in [-0.05, 0) is 17.7 Å². The third-order valence-corrected chi connectivity index (χ3v) is 2.72. The average molecular weight is 283 g/mol. The number of aliphatic hydroxyl groups excluding tert-OH is 2. The van der Waals surface area contributed by atoms with Crippen LogP contribution in [-0.4, -0.2) is 52.5 Å². The fourth-order valence-corrected chi connectivity index (χ4v) is 1.76. The van der Waals surface area contributed by atoms with Gasteiger partial charge in [0.1, 0.15) is 5.82 Å². The molecule has 0 unspecified atom stereocenters. The van der Waals surface area contributed by atoms with Gasteiger partial charge in [-0.2, -0.15) is 0 Å². The topological polar surface area (TPSA) is 81.0 Å². The van der Waals surface area contributed by atoms with Crippen LogP contribution in [0.15, 0.2) is 24.3 Å². The number of rotatable bonds is 8. The van der Waals surface area contributed by atoms with Gasteiger partial charge in [0, 0.05) is 31.3 Å². The minimum Gasteiger partial charge on any atom is -0.478 e. The van der Waals surface area contributed by atoms with Gasteiger partial charge < -0.3 is 15.3 Å². The molecule has 1 aromatic rings. The molecule has 6 heteroatoms. The third kappa shape index (κ3) is 5.48. The van der Waals surface area contributed by atoms with Crippen LogP contribution in [0, 0.1) is 5.82 Å². The summed E-state index contributed by atoms with van der Waals surface area (Å²) in [5.74, 6) is -1.54. The lowest BCUT2D eigenvalue weighted by atomic mass is 10.1. The number of carbonyl (C=O) groups is 1. The Balaban J connectivity index is 2.78. The van der Waals surface area contributed by atoms with E-state index in [0.717, 1.165) is 6.08 Å². The second-order valence-corrected chi connectivity index (χ2v) is 4.25. The van der Waals surface area contributed by atoms with Crippen molar-refractivity contribution >= 4 is 12.0 Å². The molecule has 0 atom stereocenters.